The maximum Gasteiger partial charge on any atom is 0.146 e. The molecule has 0 saturated carbocycles. The summed E-state index contributed by atoms with van der Waals surface area (Å²) in [7, 11) is 0. The summed E-state index contributed by atoms with van der Waals surface area (Å²) in [6, 6.07) is 14.9. The second-order valence-corrected chi connectivity index (χ2v) is 5.14. The molecule has 1 aliphatic rings. The number of hydrogen-bond acceptors (Lipinski definition) is 1. The molecule has 94 valence electrons. The van der Waals surface area contributed by atoms with Crippen LogP contribution in [0.2, 0.25) is 0 Å². The van der Waals surface area contributed by atoms with Gasteiger partial charge in [0.05, 0.1) is 0 Å². The molecule has 0 aliphatic heterocycles. The molecular formula is C18H16O. The van der Waals surface area contributed by atoms with E-state index in [9.17, 15) is 4.79 Å². The van der Waals surface area contributed by atoms with Crippen LogP contribution in [0.5, 0.6) is 0 Å². The summed E-state index contributed by atoms with van der Waals surface area (Å²) in [5, 5.41) is 2.53. The van der Waals surface area contributed by atoms with Gasteiger partial charge in [-0.05, 0) is 45.9 Å². The van der Waals surface area contributed by atoms with E-state index in [-0.39, 0.29) is 0 Å². The predicted molar refractivity (Wildman–Crippen MR) is 79.9 cm³/mol. The number of carbonyl (C=O) groups excluding carboxylic acids is 1. The molecule has 0 heterocycles. The molecule has 1 unspecified atom stereocenters. The largest absolute Gasteiger partial charge is 0.298 e. The fourth-order valence-electron chi connectivity index (χ4n) is 2.64. The number of fused-ring (bicyclic) bond motifs is 1. The van der Waals surface area contributed by atoms with E-state index in [2.05, 4.69) is 55.5 Å². The quantitative estimate of drug-likeness (QED) is 0.720. The molecule has 1 atom stereocenters. The van der Waals surface area contributed by atoms with Crippen molar-refractivity contribution in [2.24, 2.45) is 5.92 Å². The first-order valence-corrected chi connectivity index (χ1v) is 6.63. The van der Waals surface area contributed by atoms with E-state index in [1.54, 1.807) is 0 Å². The Bertz CT molecular complexity index is 692. The van der Waals surface area contributed by atoms with Crippen LogP contribution in [-0.2, 0) is 4.79 Å². The summed E-state index contributed by atoms with van der Waals surface area (Å²) in [6.45, 7) is 2.11. The first-order chi connectivity index (χ1) is 9.28. The van der Waals surface area contributed by atoms with Gasteiger partial charge in [-0.1, -0.05) is 55.5 Å². The summed E-state index contributed by atoms with van der Waals surface area (Å²) in [5.74, 6) is 0.309. The third kappa shape index (κ3) is 2.24. The number of rotatable bonds is 2. The highest BCUT2D eigenvalue weighted by molar-refractivity contribution is 5.87. The number of aldehydes is 1. The number of allylic oxidation sites excluding steroid dienone is 4. The fraction of sp³-hybridized carbons (Fsp3) is 0.167. The van der Waals surface area contributed by atoms with Gasteiger partial charge >= 0.3 is 0 Å². The maximum absolute atomic E-state index is 10.9. The van der Waals surface area contributed by atoms with Gasteiger partial charge in [0.2, 0.25) is 0 Å². The summed E-state index contributed by atoms with van der Waals surface area (Å²) >= 11 is 0. The Morgan fingerprint density at radius 2 is 1.84 bits per heavy atom. The predicted octanol–water partition coefficient (Wildman–Crippen LogP) is 4.39. The summed E-state index contributed by atoms with van der Waals surface area (Å²) in [5.41, 5.74) is 3.46. The molecule has 0 aromatic heterocycles. The van der Waals surface area contributed by atoms with Crippen molar-refractivity contribution in [1.82, 2.24) is 0 Å². The molecule has 19 heavy (non-hydrogen) atoms. The third-order valence-corrected chi connectivity index (χ3v) is 3.83. The highest BCUT2D eigenvalue weighted by Crippen LogP contribution is 2.31. The van der Waals surface area contributed by atoms with Gasteiger partial charge in [0.25, 0.3) is 0 Å². The van der Waals surface area contributed by atoms with Crippen molar-refractivity contribution in [1.29, 1.82) is 0 Å². The molecular weight excluding hydrogens is 232 g/mol. The van der Waals surface area contributed by atoms with Crippen molar-refractivity contribution < 1.29 is 4.79 Å². The summed E-state index contributed by atoms with van der Waals surface area (Å²) in [4.78, 5) is 10.9. The zero-order valence-corrected chi connectivity index (χ0v) is 11.0. The van der Waals surface area contributed by atoms with Crippen molar-refractivity contribution in [3.05, 3.63) is 65.8 Å². The van der Waals surface area contributed by atoms with Gasteiger partial charge in [-0.15, -0.1) is 0 Å². The van der Waals surface area contributed by atoms with Gasteiger partial charge < -0.3 is 0 Å². The third-order valence-electron chi connectivity index (χ3n) is 3.83. The molecule has 1 nitrogen and oxygen atoms in total. The van der Waals surface area contributed by atoms with Crippen LogP contribution in [0.3, 0.4) is 0 Å². The Morgan fingerprint density at radius 1 is 1.05 bits per heavy atom. The summed E-state index contributed by atoms with van der Waals surface area (Å²) in [6.07, 6.45) is 5.93. The minimum Gasteiger partial charge on any atom is -0.298 e. The van der Waals surface area contributed by atoms with Crippen molar-refractivity contribution in [3.8, 4) is 0 Å². The molecule has 0 fully saturated rings. The molecule has 0 amide bonds. The van der Waals surface area contributed by atoms with Crippen LogP contribution in [0, 0.1) is 5.92 Å². The van der Waals surface area contributed by atoms with E-state index in [1.165, 1.54) is 21.9 Å². The van der Waals surface area contributed by atoms with Crippen molar-refractivity contribution >= 4 is 22.6 Å². The van der Waals surface area contributed by atoms with Crippen LogP contribution in [-0.4, -0.2) is 6.29 Å². The van der Waals surface area contributed by atoms with Crippen LogP contribution in [0.1, 0.15) is 18.9 Å². The molecule has 1 aliphatic carbocycles. The van der Waals surface area contributed by atoms with Gasteiger partial charge in [-0.25, -0.2) is 0 Å². The van der Waals surface area contributed by atoms with Gasteiger partial charge in [0, 0.05) is 0 Å². The number of carbonyl (C=O) groups is 1. The van der Waals surface area contributed by atoms with Gasteiger partial charge in [0.1, 0.15) is 6.29 Å². The standard InChI is InChI=1S/C18H16O/c1-13-10-16(8-9-18(13)12-19)17-7-6-14-4-2-3-5-15(14)11-17/h2-9,11-13H,10H2,1H3. The number of hydrogen-bond donors (Lipinski definition) is 0. The normalized spacial score (nSPS) is 18.9. The molecule has 2 aromatic rings. The van der Waals surface area contributed by atoms with Gasteiger partial charge in [-0.3, -0.25) is 4.79 Å². The van der Waals surface area contributed by atoms with Crippen LogP contribution >= 0.6 is 0 Å². The van der Waals surface area contributed by atoms with Gasteiger partial charge in [0.15, 0.2) is 0 Å². The zero-order valence-electron chi connectivity index (χ0n) is 11.0. The molecule has 0 N–H and O–H groups in total. The van der Waals surface area contributed by atoms with E-state index >= 15 is 0 Å². The van der Waals surface area contributed by atoms with Gasteiger partial charge in [-0.2, -0.15) is 0 Å². The Labute approximate surface area is 113 Å². The van der Waals surface area contributed by atoms with Crippen molar-refractivity contribution in [2.75, 3.05) is 0 Å². The lowest BCUT2D eigenvalue weighted by Crippen LogP contribution is -2.05. The van der Waals surface area contributed by atoms with E-state index in [1.807, 2.05) is 6.08 Å². The fourth-order valence-corrected chi connectivity index (χ4v) is 2.64. The molecule has 0 bridgehead atoms. The molecule has 0 spiro atoms. The van der Waals surface area contributed by atoms with Crippen LogP contribution < -0.4 is 0 Å². The Hall–Kier alpha value is -2.15. The average molecular weight is 248 g/mol. The van der Waals surface area contributed by atoms with E-state index < -0.39 is 0 Å². The van der Waals surface area contributed by atoms with E-state index in [4.69, 9.17) is 0 Å². The Balaban J connectivity index is 2.03. The SMILES string of the molecule is CC1CC(c2ccc3ccccc3c2)=CC=C1C=O. The van der Waals surface area contributed by atoms with Crippen LogP contribution in [0.15, 0.2) is 60.2 Å². The first kappa shape index (κ1) is 11.9. The monoisotopic (exact) mass is 248 g/mol. The van der Waals surface area contributed by atoms with Crippen molar-refractivity contribution in [3.63, 3.8) is 0 Å². The molecule has 0 saturated heterocycles. The highest BCUT2D eigenvalue weighted by atomic mass is 16.1. The molecule has 2 aromatic carbocycles. The first-order valence-electron chi connectivity index (χ1n) is 6.63. The van der Waals surface area contributed by atoms with Crippen molar-refractivity contribution in [2.45, 2.75) is 13.3 Å². The van der Waals surface area contributed by atoms with E-state index in [0.717, 1.165) is 18.3 Å². The minimum atomic E-state index is 0.309. The van der Waals surface area contributed by atoms with E-state index in [0.29, 0.717) is 5.92 Å². The lowest BCUT2D eigenvalue weighted by Gasteiger charge is -2.18. The smallest absolute Gasteiger partial charge is 0.146 e. The van der Waals surface area contributed by atoms with Crippen LogP contribution in [0.4, 0.5) is 0 Å². The Morgan fingerprint density at radius 3 is 2.58 bits per heavy atom. The highest BCUT2D eigenvalue weighted by Gasteiger charge is 2.15. The lowest BCUT2D eigenvalue weighted by molar-refractivity contribution is -0.105. The minimum absolute atomic E-state index is 0.309. The molecule has 3 rings (SSSR count). The topological polar surface area (TPSA) is 17.1 Å². The lowest BCUT2D eigenvalue weighted by atomic mass is 9.86. The zero-order chi connectivity index (χ0) is 13.2. The number of benzene rings is 2. The Kier molecular flexibility index (Phi) is 3.04. The maximum atomic E-state index is 10.9. The average Bonchev–Trinajstić information content (AvgIpc) is 2.46. The molecule has 0 radical (unpaired) electrons. The van der Waals surface area contributed by atoms with Crippen LogP contribution in [0.25, 0.3) is 16.3 Å². The summed E-state index contributed by atoms with van der Waals surface area (Å²) < 4.78 is 0. The molecule has 1 heteroatoms. The second-order valence-electron chi connectivity index (χ2n) is 5.14. The second kappa shape index (κ2) is 4.85.